The standard InChI is InChI=1S/C16H23N3O8/c1-25-8-16(4-2-5-16)14(23)27-18-10-3-6-19(15(24)17-10)13-12(22)11(21)9(7-20)26-13/h3,6,9,11-13,20-22H,2,4-5,7-8H2,1H3,(H,17,18,24)/t9-,11-,12-,13-/m1/s1. The normalized spacial score (nSPS) is 29.2. The van der Waals surface area contributed by atoms with Crippen LogP contribution in [0.15, 0.2) is 17.1 Å². The van der Waals surface area contributed by atoms with Gasteiger partial charge in [0.05, 0.1) is 18.6 Å². The number of nitrogens with zero attached hydrogens (tertiary/aromatic N) is 2. The third kappa shape index (κ3) is 3.69. The Balaban J connectivity index is 1.65. The first kappa shape index (κ1) is 19.7. The number of rotatable bonds is 7. The molecule has 1 aromatic rings. The fourth-order valence-corrected chi connectivity index (χ4v) is 3.27. The van der Waals surface area contributed by atoms with E-state index in [0.717, 1.165) is 11.0 Å². The summed E-state index contributed by atoms with van der Waals surface area (Å²) in [5.74, 6) is -0.478. The zero-order chi connectivity index (χ0) is 19.6. The van der Waals surface area contributed by atoms with Gasteiger partial charge in [-0.15, -0.1) is 0 Å². The lowest BCUT2D eigenvalue weighted by molar-refractivity contribution is -0.163. The Morgan fingerprint density at radius 1 is 1.44 bits per heavy atom. The van der Waals surface area contributed by atoms with Crippen molar-refractivity contribution in [1.82, 2.24) is 9.55 Å². The molecule has 1 aliphatic carbocycles. The van der Waals surface area contributed by atoms with Crippen LogP contribution in [-0.4, -0.2) is 69.5 Å². The summed E-state index contributed by atoms with van der Waals surface area (Å²) in [7, 11) is 1.51. The molecular weight excluding hydrogens is 362 g/mol. The molecule has 150 valence electrons. The Bertz CT molecular complexity index is 735. The number of hydrogen-bond donors (Lipinski definition) is 4. The molecule has 0 bridgehead atoms. The molecule has 2 fully saturated rings. The van der Waals surface area contributed by atoms with Crippen LogP contribution in [0.4, 0.5) is 5.82 Å². The summed E-state index contributed by atoms with van der Waals surface area (Å²) in [6.07, 6.45) is -1.39. The quantitative estimate of drug-likeness (QED) is 0.410. The van der Waals surface area contributed by atoms with Gasteiger partial charge in [-0.25, -0.2) is 15.1 Å². The second kappa shape index (κ2) is 7.90. The molecule has 4 N–H and O–H groups in total. The van der Waals surface area contributed by atoms with Gasteiger partial charge in [0.1, 0.15) is 18.3 Å². The van der Waals surface area contributed by atoms with Gasteiger partial charge in [0.25, 0.3) is 0 Å². The van der Waals surface area contributed by atoms with Gasteiger partial charge in [-0.1, -0.05) is 6.42 Å². The number of carbonyl (C=O) groups is 1. The van der Waals surface area contributed by atoms with Gasteiger partial charge < -0.3 is 29.6 Å². The predicted molar refractivity (Wildman–Crippen MR) is 89.4 cm³/mol. The van der Waals surface area contributed by atoms with Crippen LogP contribution in [0.3, 0.4) is 0 Å². The van der Waals surface area contributed by atoms with Gasteiger partial charge in [0, 0.05) is 19.4 Å². The van der Waals surface area contributed by atoms with Gasteiger partial charge in [0.15, 0.2) is 12.0 Å². The van der Waals surface area contributed by atoms with Crippen LogP contribution in [-0.2, 0) is 19.1 Å². The summed E-state index contributed by atoms with van der Waals surface area (Å²) < 4.78 is 11.3. The molecule has 11 nitrogen and oxygen atoms in total. The van der Waals surface area contributed by atoms with E-state index < -0.39 is 48.2 Å². The monoisotopic (exact) mass is 385 g/mol. The van der Waals surface area contributed by atoms with E-state index in [9.17, 15) is 19.8 Å². The second-order valence-corrected chi connectivity index (χ2v) is 6.79. The van der Waals surface area contributed by atoms with Crippen molar-refractivity contribution in [2.45, 2.75) is 43.8 Å². The predicted octanol–water partition coefficient (Wildman–Crippen LogP) is -1.46. The average Bonchev–Trinajstić information content (AvgIpc) is 2.91. The van der Waals surface area contributed by atoms with Crippen molar-refractivity contribution >= 4 is 11.8 Å². The number of aliphatic hydroxyl groups excluding tert-OH is 3. The molecule has 0 aromatic carbocycles. The maximum atomic E-state index is 12.2. The van der Waals surface area contributed by atoms with Crippen LogP contribution in [0.25, 0.3) is 0 Å². The lowest BCUT2D eigenvalue weighted by Gasteiger charge is -2.37. The maximum Gasteiger partial charge on any atom is 0.351 e. The molecule has 1 aromatic heterocycles. The lowest BCUT2D eigenvalue weighted by Crippen LogP contribution is -2.44. The van der Waals surface area contributed by atoms with Gasteiger partial charge in [-0.3, -0.25) is 4.57 Å². The molecule has 3 rings (SSSR count). The van der Waals surface area contributed by atoms with Gasteiger partial charge in [0.2, 0.25) is 0 Å². The molecular formula is C16H23N3O8. The van der Waals surface area contributed by atoms with Crippen molar-refractivity contribution in [1.29, 1.82) is 0 Å². The highest BCUT2D eigenvalue weighted by atomic mass is 16.7. The van der Waals surface area contributed by atoms with Crippen LogP contribution < -0.4 is 11.2 Å². The summed E-state index contributed by atoms with van der Waals surface area (Å²) in [5.41, 5.74) is 0.890. The smallest absolute Gasteiger partial charge is 0.351 e. The number of methoxy groups -OCH3 is 1. The average molecular weight is 385 g/mol. The Kier molecular flexibility index (Phi) is 5.77. The molecule has 0 amide bonds. The van der Waals surface area contributed by atoms with Gasteiger partial charge in [-0.2, -0.15) is 4.98 Å². The van der Waals surface area contributed by atoms with Crippen molar-refractivity contribution in [2.75, 3.05) is 25.8 Å². The largest absolute Gasteiger partial charge is 0.394 e. The first-order valence-corrected chi connectivity index (χ1v) is 8.60. The molecule has 27 heavy (non-hydrogen) atoms. The van der Waals surface area contributed by atoms with Crippen LogP contribution in [0, 0.1) is 5.41 Å². The number of aliphatic hydroxyl groups is 3. The minimum atomic E-state index is -1.40. The molecule has 11 heteroatoms. The fraction of sp³-hybridized carbons (Fsp3) is 0.688. The fourth-order valence-electron chi connectivity index (χ4n) is 3.27. The number of anilines is 1. The molecule has 0 radical (unpaired) electrons. The zero-order valence-electron chi connectivity index (χ0n) is 14.8. The number of ether oxygens (including phenoxy) is 2. The lowest BCUT2D eigenvalue weighted by atomic mass is 9.69. The molecule has 1 aliphatic heterocycles. The Labute approximate surface area is 154 Å². The summed E-state index contributed by atoms with van der Waals surface area (Å²) in [6, 6.07) is 1.35. The molecule has 0 spiro atoms. The summed E-state index contributed by atoms with van der Waals surface area (Å²) in [4.78, 5) is 33.2. The third-order valence-electron chi connectivity index (χ3n) is 5.03. The van der Waals surface area contributed by atoms with Crippen molar-refractivity contribution in [2.24, 2.45) is 5.41 Å². The third-order valence-corrected chi connectivity index (χ3v) is 5.03. The van der Waals surface area contributed by atoms with Crippen LogP contribution in [0.1, 0.15) is 25.5 Å². The van der Waals surface area contributed by atoms with Crippen molar-refractivity contribution in [3.8, 4) is 0 Å². The van der Waals surface area contributed by atoms with E-state index >= 15 is 0 Å². The zero-order valence-corrected chi connectivity index (χ0v) is 14.8. The van der Waals surface area contributed by atoms with Crippen LogP contribution in [0.2, 0.25) is 0 Å². The van der Waals surface area contributed by atoms with E-state index in [0.29, 0.717) is 12.8 Å². The topological polar surface area (TPSA) is 152 Å². The Hall–Kier alpha value is -2.05. The van der Waals surface area contributed by atoms with Crippen molar-refractivity contribution in [3.05, 3.63) is 22.7 Å². The van der Waals surface area contributed by atoms with E-state index in [2.05, 4.69) is 10.5 Å². The molecule has 1 saturated heterocycles. The van der Waals surface area contributed by atoms with Crippen molar-refractivity contribution in [3.63, 3.8) is 0 Å². The molecule has 0 unspecified atom stereocenters. The van der Waals surface area contributed by atoms with E-state index in [4.69, 9.17) is 19.4 Å². The molecule has 4 atom stereocenters. The SMILES string of the molecule is COCC1(C(=O)ONc2ccn([C@@H]3O[C@H](CO)[C@@H](O)[C@H]3O)c(=O)n2)CCC1. The van der Waals surface area contributed by atoms with Crippen LogP contribution in [0.5, 0.6) is 0 Å². The Morgan fingerprint density at radius 3 is 2.70 bits per heavy atom. The van der Waals surface area contributed by atoms with E-state index in [1.165, 1.54) is 19.4 Å². The number of aromatic nitrogens is 2. The first-order valence-electron chi connectivity index (χ1n) is 8.60. The summed E-state index contributed by atoms with van der Waals surface area (Å²) in [5, 5.41) is 28.9. The molecule has 1 saturated carbocycles. The highest BCUT2D eigenvalue weighted by molar-refractivity contribution is 5.78. The van der Waals surface area contributed by atoms with Gasteiger partial charge in [-0.05, 0) is 12.8 Å². The minimum absolute atomic E-state index is 0.00299. The minimum Gasteiger partial charge on any atom is -0.394 e. The molecule has 2 heterocycles. The highest BCUT2D eigenvalue weighted by Gasteiger charge is 2.46. The van der Waals surface area contributed by atoms with Crippen molar-refractivity contribution < 1.29 is 34.4 Å². The number of hydrogen-bond acceptors (Lipinski definition) is 10. The first-order chi connectivity index (χ1) is 12.9. The molecule has 2 aliphatic rings. The number of carbonyl (C=O) groups excluding carboxylic acids is 1. The summed E-state index contributed by atoms with van der Waals surface area (Å²) in [6.45, 7) is -0.247. The van der Waals surface area contributed by atoms with Gasteiger partial charge >= 0.3 is 11.7 Å². The van der Waals surface area contributed by atoms with E-state index in [1.54, 1.807) is 0 Å². The summed E-state index contributed by atoms with van der Waals surface area (Å²) >= 11 is 0. The van der Waals surface area contributed by atoms with Crippen LogP contribution >= 0.6 is 0 Å². The highest BCUT2D eigenvalue weighted by Crippen LogP contribution is 2.42. The number of nitrogens with one attached hydrogen (secondary N) is 1. The van der Waals surface area contributed by atoms with E-state index in [1.807, 2.05) is 0 Å². The van der Waals surface area contributed by atoms with E-state index in [-0.39, 0.29) is 12.4 Å². The maximum absolute atomic E-state index is 12.2. The second-order valence-electron chi connectivity index (χ2n) is 6.79. The Morgan fingerprint density at radius 2 is 2.19 bits per heavy atom.